The number of amides is 1. The molecule has 3 aliphatic rings. The normalized spacial score (nSPS) is 20.9. The molecule has 35 heavy (non-hydrogen) atoms. The fraction of sp³-hybridized carbons (Fsp3) is 0.536. The van der Waals surface area contributed by atoms with Crippen molar-refractivity contribution in [3.63, 3.8) is 0 Å². The summed E-state index contributed by atoms with van der Waals surface area (Å²) in [5.74, 6) is 0.0193. The molecule has 7 heteroatoms. The Morgan fingerprint density at radius 3 is 2.46 bits per heavy atom. The minimum atomic E-state index is -0.951. The van der Waals surface area contributed by atoms with Gasteiger partial charge in [0.2, 0.25) is 0 Å². The Kier molecular flexibility index (Phi) is 6.30. The number of carboxylic acid groups (broad SMARTS) is 1. The molecule has 0 aliphatic carbocycles. The van der Waals surface area contributed by atoms with E-state index in [2.05, 4.69) is 41.9 Å². The summed E-state index contributed by atoms with van der Waals surface area (Å²) in [6.45, 7) is 8.89. The molecule has 0 saturated carbocycles. The van der Waals surface area contributed by atoms with E-state index in [0.717, 1.165) is 70.6 Å². The van der Waals surface area contributed by atoms with E-state index in [4.69, 9.17) is 9.84 Å². The van der Waals surface area contributed by atoms with Crippen LogP contribution >= 0.6 is 0 Å². The van der Waals surface area contributed by atoms with Crippen LogP contribution in [0.25, 0.3) is 0 Å². The number of benzene rings is 1. The van der Waals surface area contributed by atoms with Crippen molar-refractivity contribution in [2.75, 3.05) is 26.2 Å². The molecule has 0 atom stereocenters. The van der Waals surface area contributed by atoms with E-state index in [9.17, 15) is 9.59 Å². The lowest BCUT2D eigenvalue weighted by Gasteiger charge is -2.47. The SMILES string of the molecule is CC1(C)Cc2c(CN3CCC4(CC3)CCN(C(=O)c3ccncc3CC(=O)O)CC4)cccc2O1. The second kappa shape index (κ2) is 9.26. The van der Waals surface area contributed by atoms with Crippen molar-refractivity contribution in [3.8, 4) is 5.75 Å². The summed E-state index contributed by atoms with van der Waals surface area (Å²) < 4.78 is 6.12. The first-order valence-corrected chi connectivity index (χ1v) is 12.7. The first-order valence-electron chi connectivity index (χ1n) is 12.7. The third-order valence-electron chi connectivity index (χ3n) is 8.12. The molecule has 4 heterocycles. The Morgan fingerprint density at radius 2 is 1.74 bits per heavy atom. The predicted molar refractivity (Wildman–Crippen MR) is 133 cm³/mol. The molecule has 0 radical (unpaired) electrons. The fourth-order valence-electron chi connectivity index (χ4n) is 6.04. The highest BCUT2D eigenvalue weighted by Gasteiger charge is 2.39. The standard InChI is InChI=1S/C28H35N3O4/c1-27(2)17-23-20(4-3-5-24(23)35-27)19-30-12-7-28(8-13-30)9-14-31(15-10-28)26(34)22-6-11-29-18-21(22)16-25(32)33/h3-6,11,18H,7-10,12-17,19H2,1-2H3,(H,32,33). The Hall–Kier alpha value is -2.93. The number of ether oxygens (including phenoxy) is 1. The third-order valence-corrected chi connectivity index (χ3v) is 8.12. The number of hydrogen-bond donors (Lipinski definition) is 1. The topological polar surface area (TPSA) is 83.0 Å². The molecule has 1 aromatic carbocycles. The highest BCUT2D eigenvalue weighted by atomic mass is 16.5. The molecule has 1 aromatic heterocycles. The number of hydrogen-bond acceptors (Lipinski definition) is 5. The van der Waals surface area contributed by atoms with Crippen LogP contribution in [0.4, 0.5) is 0 Å². The number of carbonyl (C=O) groups is 2. The Labute approximate surface area is 207 Å². The first kappa shape index (κ1) is 23.8. The number of nitrogens with zero attached hydrogens (tertiary/aromatic N) is 3. The van der Waals surface area contributed by atoms with Crippen molar-refractivity contribution in [1.82, 2.24) is 14.8 Å². The van der Waals surface area contributed by atoms with Crippen LogP contribution in [0.15, 0.2) is 36.7 Å². The minimum Gasteiger partial charge on any atom is -0.487 e. The number of pyridine rings is 1. The zero-order valence-electron chi connectivity index (χ0n) is 20.8. The van der Waals surface area contributed by atoms with Gasteiger partial charge in [-0.15, -0.1) is 0 Å². The number of aliphatic carboxylic acids is 1. The molecule has 2 saturated heterocycles. The molecule has 1 amide bonds. The van der Waals surface area contributed by atoms with Crippen LogP contribution in [0.1, 0.15) is 66.6 Å². The minimum absolute atomic E-state index is 0.0704. The van der Waals surface area contributed by atoms with Crippen molar-refractivity contribution >= 4 is 11.9 Å². The smallest absolute Gasteiger partial charge is 0.307 e. The van der Waals surface area contributed by atoms with Crippen LogP contribution < -0.4 is 4.74 Å². The average Bonchev–Trinajstić information content (AvgIpc) is 3.16. The van der Waals surface area contributed by atoms with E-state index >= 15 is 0 Å². The van der Waals surface area contributed by atoms with E-state index in [1.54, 1.807) is 12.3 Å². The van der Waals surface area contributed by atoms with Crippen molar-refractivity contribution in [2.45, 2.75) is 64.5 Å². The van der Waals surface area contributed by atoms with Gasteiger partial charge in [-0.25, -0.2) is 0 Å². The number of carboxylic acids is 1. The highest BCUT2D eigenvalue weighted by molar-refractivity contribution is 5.96. The van der Waals surface area contributed by atoms with Crippen LogP contribution in [0.5, 0.6) is 5.75 Å². The van der Waals surface area contributed by atoms with E-state index in [-0.39, 0.29) is 17.9 Å². The van der Waals surface area contributed by atoms with Gasteiger partial charge < -0.3 is 14.7 Å². The maximum Gasteiger partial charge on any atom is 0.307 e. The van der Waals surface area contributed by atoms with Gasteiger partial charge in [0.1, 0.15) is 11.4 Å². The Bertz CT molecular complexity index is 1110. The van der Waals surface area contributed by atoms with Crippen LogP contribution in [0.3, 0.4) is 0 Å². The molecule has 186 valence electrons. The molecular formula is C28H35N3O4. The highest BCUT2D eigenvalue weighted by Crippen LogP contribution is 2.43. The molecule has 0 unspecified atom stereocenters. The van der Waals surface area contributed by atoms with Crippen molar-refractivity contribution in [3.05, 3.63) is 58.9 Å². The molecule has 3 aliphatic heterocycles. The lowest BCUT2D eigenvalue weighted by Crippen LogP contribution is -2.48. The number of likely N-dealkylation sites (tertiary alicyclic amines) is 2. The number of fused-ring (bicyclic) bond motifs is 1. The molecular weight excluding hydrogens is 442 g/mol. The molecule has 1 N–H and O–H groups in total. The van der Waals surface area contributed by atoms with Gasteiger partial charge in [-0.3, -0.25) is 19.5 Å². The Balaban J connectivity index is 1.17. The lowest BCUT2D eigenvalue weighted by molar-refractivity contribution is -0.136. The second-order valence-electron chi connectivity index (χ2n) is 11.1. The van der Waals surface area contributed by atoms with Gasteiger partial charge >= 0.3 is 5.97 Å². The van der Waals surface area contributed by atoms with Crippen LogP contribution in [-0.4, -0.2) is 63.5 Å². The molecule has 2 fully saturated rings. The summed E-state index contributed by atoms with van der Waals surface area (Å²) in [6, 6.07) is 8.09. The summed E-state index contributed by atoms with van der Waals surface area (Å²) >= 11 is 0. The van der Waals surface area contributed by atoms with Crippen LogP contribution in [0.2, 0.25) is 0 Å². The van der Waals surface area contributed by atoms with Gasteiger partial charge in [0, 0.05) is 49.6 Å². The van der Waals surface area contributed by atoms with Crippen molar-refractivity contribution in [2.24, 2.45) is 5.41 Å². The molecule has 1 spiro atoms. The monoisotopic (exact) mass is 477 g/mol. The van der Waals surface area contributed by atoms with Gasteiger partial charge in [0.15, 0.2) is 0 Å². The maximum absolute atomic E-state index is 13.2. The van der Waals surface area contributed by atoms with Crippen molar-refractivity contribution < 1.29 is 19.4 Å². The maximum atomic E-state index is 13.2. The van der Waals surface area contributed by atoms with Gasteiger partial charge in [0.25, 0.3) is 5.91 Å². The molecule has 5 rings (SSSR count). The average molecular weight is 478 g/mol. The van der Waals surface area contributed by atoms with E-state index in [1.807, 2.05) is 4.90 Å². The van der Waals surface area contributed by atoms with E-state index in [0.29, 0.717) is 16.5 Å². The quantitative estimate of drug-likeness (QED) is 0.702. The first-order chi connectivity index (χ1) is 16.7. The van der Waals surface area contributed by atoms with Crippen LogP contribution in [0, 0.1) is 5.41 Å². The molecule has 0 bridgehead atoms. The molecule has 7 nitrogen and oxygen atoms in total. The number of aromatic nitrogens is 1. The van der Waals surface area contributed by atoms with Crippen LogP contribution in [-0.2, 0) is 24.2 Å². The lowest BCUT2D eigenvalue weighted by atomic mass is 9.71. The summed E-state index contributed by atoms with van der Waals surface area (Å²) in [6.07, 6.45) is 8.18. The van der Waals surface area contributed by atoms with Gasteiger partial charge in [-0.2, -0.15) is 0 Å². The number of piperidine rings is 2. The molecule has 2 aromatic rings. The third kappa shape index (κ3) is 5.06. The number of rotatable bonds is 5. The predicted octanol–water partition coefficient (Wildman–Crippen LogP) is 3.94. The van der Waals surface area contributed by atoms with Crippen molar-refractivity contribution in [1.29, 1.82) is 0 Å². The summed E-state index contributed by atoms with van der Waals surface area (Å²) in [5.41, 5.74) is 3.89. The fourth-order valence-corrected chi connectivity index (χ4v) is 6.04. The second-order valence-corrected chi connectivity index (χ2v) is 11.1. The number of carbonyl (C=O) groups excluding carboxylic acids is 1. The zero-order valence-corrected chi connectivity index (χ0v) is 20.8. The summed E-state index contributed by atoms with van der Waals surface area (Å²) in [7, 11) is 0. The Morgan fingerprint density at radius 1 is 1.03 bits per heavy atom. The van der Waals surface area contributed by atoms with Gasteiger partial charge in [-0.05, 0) is 81.3 Å². The zero-order chi connectivity index (χ0) is 24.6. The van der Waals surface area contributed by atoms with Gasteiger partial charge in [-0.1, -0.05) is 12.1 Å². The van der Waals surface area contributed by atoms with Gasteiger partial charge in [0.05, 0.1) is 6.42 Å². The van der Waals surface area contributed by atoms with E-state index < -0.39 is 5.97 Å². The van der Waals surface area contributed by atoms with E-state index in [1.165, 1.54) is 17.3 Å². The largest absolute Gasteiger partial charge is 0.487 e. The summed E-state index contributed by atoms with van der Waals surface area (Å²) in [5, 5.41) is 9.17. The summed E-state index contributed by atoms with van der Waals surface area (Å²) in [4.78, 5) is 32.8.